The molecule has 1 aliphatic heterocycles. The van der Waals surface area contributed by atoms with Crippen LogP contribution in [0.25, 0.3) is 17.1 Å². The van der Waals surface area contributed by atoms with Gasteiger partial charge in [0.05, 0.1) is 11.3 Å². The van der Waals surface area contributed by atoms with E-state index < -0.39 is 11.6 Å². The van der Waals surface area contributed by atoms with Crippen LogP contribution in [-0.4, -0.2) is 39.5 Å². The Bertz CT molecular complexity index is 837. The predicted molar refractivity (Wildman–Crippen MR) is 90.2 cm³/mol. The molecular formula is C19H17N3O2. The van der Waals surface area contributed by atoms with Crippen molar-refractivity contribution in [2.75, 3.05) is 13.1 Å². The molecule has 1 aromatic carbocycles. The predicted octanol–water partition coefficient (Wildman–Crippen LogP) is 2.74. The number of nitrogens with zero attached hydrogens (tertiary/aromatic N) is 3. The first-order valence-corrected chi connectivity index (χ1v) is 8.22. The Morgan fingerprint density at radius 3 is 2.46 bits per heavy atom. The summed E-state index contributed by atoms with van der Waals surface area (Å²) in [5.74, 6) is -0.441. The topological polar surface area (TPSA) is 63.2 Å². The van der Waals surface area contributed by atoms with Crippen LogP contribution in [0.15, 0.2) is 42.6 Å². The zero-order valence-corrected chi connectivity index (χ0v) is 13.2. The van der Waals surface area contributed by atoms with Crippen molar-refractivity contribution >= 4 is 17.3 Å². The van der Waals surface area contributed by atoms with Gasteiger partial charge >= 0.3 is 0 Å². The molecule has 0 spiro atoms. The summed E-state index contributed by atoms with van der Waals surface area (Å²) in [5.41, 5.74) is 2.54. The maximum atomic E-state index is 12.2. The Morgan fingerprint density at radius 2 is 1.71 bits per heavy atom. The summed E-state index contributed by atoms with van der Waals surface area (Å²) < 4.78 is 0. The molecule has 0 N–H and O–H groups in total. The van der Waals surface area contributed by atoms with Crippen LogP contribution in [-0.2, 0) is 4.79 Å². The molecule has 0 atom stereocenters. The Kier molecular flexibility index (Phi) is 3.69. The molecule has 0 amide bonds. The highest BCUT2D eigenvalue weighted by Crippen LogP contribution is 2.29. The van der Waals surface area contributed by atoms with Gasteiger partial charge in [0.15, 0.2) is 5.82 Å². The molecule has 2 heterocycles. The third-order valence-electron chi connectivity index (χ3n) is 4.50. The number of carbonyl (C=O) groups is 2. The van der Waals surface area contributed by atoms with Crippen LogP contribution in [0.2, 0.25) is 0 Å². The number of likely N-dealkylation sites (tertiary alicyclic amines) is 1. The summed E-state index contributed by atoms with van der Waals surface area (Å²) >= 11 is 0. The molecule has 0 bridgehead atoms. The molecule has 2 aromatic rings. The molecule has 4 rings (SSSR count). The number of Topliss-reactive ketones (excluding diaryl/α,β-unsaturated/α-hetero) is 1. The average Bonchev–Trinajstić information content (AvgIpc) is 2.66. The zero-order valence-electron chi connectivity index (χ0n) is 13.2. The van der Waals surface area contributed by atoms with Gasteiger partial charge in [-0.3, -0.25) is 9.59 Å². The standard InChI is InChI=1S/C19H17N3O2/c23-16-11-15(22-9-5-2-6-10-22)17-14(18(16)24)12-20-19(21-17)13-7-3-1-4-8-13/h1,3-4,7-8,11-12H,2,5-6,9-10H2. The molecule has 1 saturated heterocycles. The first kappa shape index (κ1) is 14.8. The van der Waals surface area contributed by atoms with E-state index in [-0.39, 0.29) is 0 Å². The molecule has 1 aromatic heterocycles. The van der Waals surface area contributed by atoms with Gasteiger partial charge in [-0.1, -0.05) is 30.3 Å². The maximum absolute atomic E-state index is 12.2. The van der Waals surface area contributed by atoms with Crippen LogP contribution in [0.4, 0.5) is 0 Å². The first-order valence-electron chi connectivity index (χ1n) is 8.22. The number of hydrogen-bond acceptors (Lipinski definition) is 5. The lowest BCUT2D eigenvalue weighted by Crippen LogP contribution is -2.33. The number of carbonyl (C=O) groups excluding carboxylic acids is 2. The average molecular weight is 319 g/mol. The fourth-order valence-electron chi connectivity index (χ4n) is 3.24. The smallest absolute Gasteiger partial charge is 0.236 e. The van der Waals surface area contributed by atoms with Gasteiger partial charge in [-0.05, 0) is 19.3 Å². The van der Waals surface area contributed by atoms with Gasteiger partial charge in [0.25, 0.3) is 0 Å². The van der Waals surface area contributed by atoms with Crippen LogP contribution in [0, 0.1) is 0 Å². The number of ketones is 2. The molecule has 1 fully saturated rings. The van der Waals surface area contributed by atoms with E-state index in [4.69, 9.17) is 0 Å². The van der Waals surface area contributed by atoms with Crippen molar-refractivity contribution < 1.29 is 9.59 Å². The van der Waals surface area contributed by atoms with Crippen molar-refractivity contribution in [3.8, 4) is 11.4 Å². The number of hydrogen-bond donors (Lipinski definition) is 0. The normalized spacial score (nSPS) is 17.5. The highest BCUT2D eigenvalue weighted by atomic mass is 16.2. The van der Waals surface area contributed by atoms with Gasteiger partial charge < -0.3 is 4.90 Å². The minimum absolute atomic E-state index is 0.308. The van der Waals surface area contributed by atoms with Gasteiger partial charge in [0.2, 0.25) is 11.6 Å². The Hall–Kier alpha value is -2.82. The lowest BCUT2D eigenvalue weighted by Gasteiger charge is -2.32. The fourth-order valence-corrected chi connectivity index (χ4v) is 3.24. The van der Waals surface area contributed by atoms with Crippen LogP contribution >= 0.6 is 0 Å². The minimum atomic E-state index is -0.523. The number of allylic oxidation sites excluding steroid dienone is 1. The van der Waals surface area contributed by atoms with Crippen molar-refractivity contribution in [1.29, 1.82) is 0 Å². The van der Waals surface area contributed by atoms with E-state index in [9.17, 15) is 9.59 Å². The number of benzene rings is 1. The summed E-state index contributed by atoms with van der Waals surface area (Å²) in [6.45, 7) is 1.77. The van der Waals surface area contributed by atoms with Gasteiger partial charge in [0, 0.05) is 30.9 Å². The minimum Gasteiger partial charge on any atom is -0.370 e. The molecule has 5 nitrogen and oxygen atoms in total. The third kappa shape index (κ3) is 2.52. The molecular weight excluding hydrogens is 302 g/mol. The monoisotopic (exact) mass is 319 g/mol. The second-order valence-electron chi connectivity index (χ2n) is 6.09. The molecule has 0 saturated carbocycles. The molecule has 2 aliphatic rings. The summed E-state index contributed by atoms with van der Waals surface area (Å²) in [6, 6.07) is 9.65. The number of aromatic nitrogens is 2. The van der Waals surface area contributed by atoms with E-state index in [1.54, 1.807) is 0 Å². The van der Waals surface area contributed by atoms with Crippen molar-refractivity contribution in [3.05, 3.63) is 53.9 Å². The summed E-state index contributed by atoms with van der Waals surface area (Å²) in [6.07, 6.45) is 6.30. The Labute approximate surface area is 140 Å². The molecule has 0 radical (unpaired) electrons. The van der Waals surface area contributed by atoms with E-state index in [0.717, 1.165) is 37.2 Å². The number of piperidine rings is 1. The molecule has 120 valence electrons. The van der Waals surface area contributed by atoms with E-state index in [0.29, 0.717) is 17.1 Å². The second kappa shape index (κ2) is 6.00. The number of fused-ring (bicyclic) bond motifs is 1. The van der Waals surface area contributed by atoms with Gasteiger partial charge in [0.1, 0.15) is 5.69 Å². The second-order valence-corrected chi connectivity index (χ2v) is 6.09. The van der Waals surface area contributed by atoms with Gasteiger partial charge in [-0.25, -0.2) is 9.97 Å². The zero-order chi connectivity index (χ0) is 16.5. The molecule has 1 aliphatic carbocycles. The van der Waals surface area contributed by atoms with Crippen molar-refractivity contribution in [2.24, 2.45) is 0 Å². The maximum Gasteiger partial charge on any atom is 0.236 e. The summed E-state index contributed by atoms with van der Waals surface area (Å²) in [5, 5.41) is 0. The third-order valence-corrected chi connectivity index (χ3v) is 4.50. The molecule has 24 heavy (non-hydrogen) atoms. The first-order chi connectivity index (χ1) is 11.7. The molecule has 0 unspecified atom stereocenters. The van der Waals surface area contributed by atoms with E-state index in [1.165, 1.54) is 18.7 Å². The van der Waals surface area contributed by atoms with E-state index in [2.05, 4.69) is 14.9 Å². The largest absolute Gasteiger partial charge is 0.370 e. The Balaban J connectivity index is 1.82. The van der Waals surface area contributed by atoms with Gasteiger partial charge in [-0.15, -0.1) is 0 Å². The fraction of sp³-hybridized carbons (Fsp3) is 0.263. The molecule has 5 heteroatoms. The van der Waals surface area contributed by atoms with Crippen molar-refractivity contribution in [1.82, 2.24) is 14.9 Å². The quantitative estimate of drug-likeness (QED) is 0.797. The summed E-state index contributed by atoms with van der Waals surface area (Å²) in [4.78, 5) is 35.3. The summed E-state index contributed by atoms with van der Waals surface area (Å²) in [7, 11) is 0. The van der Waals surface area contributed by atoms with E-state index in [1.807, 2.05) is 30.3 Å². The van der Waals surface area contributed by atoms with Crippen LogP contribution in [0.3, 0.4) is 0 Å². The number of rotatable bonds is 2. The van der Waals surface area contributed by atoms with Crippen LogP contribution in [0.5, 0.6) is 0 Å². The van der Waals surface area contributed by atoms with Crippen LogP contribution < -0.4 is 0 Å². The van der Waals surface area contributed by atoms with Crippen LogP contribution in [0.1, 0.15) is 35.3 Å². The van der Waals surface area contributed by atoms with Crippen molar-refractivity contribution in [3.63, 3.8) is 0 Å². The Morgan fingerprint density at radius 1 is 0.958 bits per heavy atom. The van der Waals surface area contributed by atoms with E-state index >= 15 is 0 Å². The lowest BCUT2D eigenvalue weighted by molar-refractivity contribution is -0.111. The van der Waals surface area contributed by atoms with Crippen molar-refractivity contribution in [2.45, 2.75) is 19.3 Å². The lowest BCUT2D eigenvalue weighted by atomic mass is 9.96. The van der Waals surface area contributed by atoms with Gasteiger partial charge in [-0.2, -0.15) is 0 Å². The SMILES string of the molecule is O=C1C=C(N2CCCCC2)c2nc(-c3ccccc3)ncc2C1=O. The highest BCUT2D eigenvalue weighted by Gasteiger charge is 2.31. The highest BCUT2D eigenvalue weighted by molar-refractivity contribution is 6.50.